The highest BCUT2D eigenvalue weighted by Gasteiger charge is 2.35. The second-order valence-corrected chi connectivity index (χ2v) is 8.06. The van der Waals surface area contributed by atoms with Crippen LogP contribution in [0.4, 0.5) is 10.8 Å². The van der Waals surface area contributed by atoms with Crippen LogP contribution in [0.3, 0.4) is 0 Å². The monoisotopic (exact) mass is 422 g/mol. The molecular weight excluding hydrogens is 400 g/mol. The molecule has 0 aliphatic carbocycles. The first-order valence-corrected chi connectivity index (χ1v) is 10.7. The summed E-state index contributed by atoms with van der Waals surface area (Å²) in [6.07, 6.45) is 1.73. The Bertz CT molecular complexity index is 994. The van der Waals surface area contributed by atoms with Crippen LogP contribution in [-0.4, -0.2) is 35.2 Å². The molecule has 7 nitrogen and oxygen atoms in total. The summed E-state index contributed by atoms with van der Waals surface area (Å²) in [7, 11) is 0. The van der Waals surface area contributed by atoms with E-state index in [1.165, 1.54) is 11.3 Å². The molecular formula is C22H22N4O3S. The standard InChI is InChI=1S/C22H22N4O3S/c27-20-14-16(15-26(20)17-8-3-1-4-9-17)21(28)23-22-25-24-19(30-22)12-7-13-29-18-10-5-2-6-11-18/h1-6,8-11,16H,7,12-15H2,(H,23,25,28). The second-order valence-electron chi connectivity index (χ2n) is 7.00. The van der Waals surface area contributed by atoms with Crippen LogP contribution in [-0.2, 0) is 16.0 Å². The lowest BCUT2D eigenvalue weighted by Crippen LogP contribution is -2.28. The molecule has 8 heteroatoms. The summed E-state index contributed by atoms with van der Waals surface area (Å²) >= 11 is 1.36. The SMILES string of the molecule is O=C(Nc1nnc(CCCOc2ccccc2)s1)C1CC(=O)N(c2ccccc2)C1. The number of rotatable bonds is 8. The highest BCUT2D eigenvalue weighted by atomic mass is 32.1. The molecule has 0 radical (unpaired) electrons. The number of anilines is 2. The third-order valence-corrected chi connectivity index (χ3v) is 5.71. The smallest absolute Gasteiger partial charge is 0.231 e. The van der Waals surface area contributed by atoms with E-state index in [0.29, 0.717) is 18.3 Å². The molecule has 154 valence electrons. The molecule has 2 heterocycles. The largest absolute Gasteiger partial charge is 0.494 e. The van der Waals surface area contributed by atoms with Crippen molar-refractivity contribution >= 4 is 34.0 Å². The zero-order chi connectivity index (χ0) is 20.8. The fourth-order valence-corrected chi connectivity index (χ4v) is 4.07. The van der Waals surface area contributed by atoms with Gasteiger partial charge in [0.1, 0.15) is 10.8 Å². The van der Waals surface area contributed by atoms with E-state index in [1.54, 1.807) is 4.90 Å². The minimum atomic E-state index is -0.399. The molecule has 1 fully saturated rings. The highest BCUT2D eigenvalue weighted by Crippen LogP contribution is 2.26. The van der Waals surface area contributed by atoms with Crippen LogP contribution in [0.5, 0.6) is 5.75 Å². The van der Waals surface area contributed by atoms with Crippen LogP contribution >= 0.6 is 11.3 Å². The van der Waals surface area contributed by atoms with Gasteiger partial charge in [0.15, 0.2) is 0 Å². The Labute approximate surface area is 178 Å². The third-order valence-electron chi connectivity index (χ3n) is 4.81. The zero-order valence-electron chi connectivity index (χ0n) is 16.4. The topological polar surface area (TPSA) is 84.4 Å². The normalized spacial score (nSPS) is 15.9. The molecule has 2 aromatic carbocycles. The number of benzene rings is 2. The summed E-state index contributed by atoms with van der Waals surface area (Å²) in [5.41, 5.74) is 0.814. The average Bonchev–Trinajstić information content (AvgIpc) is 3.39. The molecule has 1 N–H and O–H groups in total. The predicted octanol–water partition coefficient (Wildman–Crippen LogP) is 3.54. The quantitative estimate of drug-likeness (QED) is 0.561. The van der Waals surface area contributed by atoms with Crippen molar-refractivity contribution in [1.29, 1.82) is 0 Å². The van der Waals surface area contributed by atoms with E-state index in [9.17, 15) is 9.59 Å². The highest BCUT2D eigenvalue weighted by molar-refractivity contribution is 7.15. The number of aryl methyl sites for hydroxylation is 1. The van der Waals surface area contributed by atoms with Crippen molar-refractivity contribution in [2.45, 2.75) is 19.3 Å². The Kier molecular flexibility index (Phi) is 6.34. The van der Waals surface area contributed by atoms with Crippen LogP contribution in [0.1, 0.15) is 17.8 Å². The summed E-state index contributed by atoms with van der Waals surface area (Å²) in [6, 6.07) is 19.1. The maximum absolute atomic E-state index is 12.6. The molecule has 2 amide bonds. The molecule has 30 heavy (non-hydrogen) atoms. The number of carbonyl (C=O) groups excluding carboxylic acids is 2. The van der Waals surface area contributed by atoms with Gasteiger partial charge >= 0.3 is 0 Å². The van der Waals surface area contributed by atoms with E-state index in [0.717, 1.165) is 29.3 Å². The number of nitrogens with zero attached hydrogens (tertiary/aromatic N) is 3. The van der Waals surface area contributed by atoms with E-state index >= 15 is 0 Å². The molecule has 0 spiro atoms. The van der Waals surface area contributed by atoms with E-state index in [1.807, 2.05) is 60.7 Å². The van der Waals surface area contributed by atoms with Crippen molar-refractivity contribution in [2.75, 3.05) is 23.4 Å². The van der Waals surface area contributed by atoms with Crippen LogP contribution in [0.2, 0.25) is 0 Å². The molecule has 1 saturated heterocycles. The number of aromatic nitrogens is 2. The third kappa shape index (κ3) is 5.01. The van der Waals surface area contributed by atoms with E-state index < -0.39 is 5.92 Å². The van der Waals surface area contributed by atoms with Crippen molar-refractivity contribution in [1.82, 2.24) is 10.2 Å². The number of nitrogens with one attached hydrogen (secondary N) is 1. The number of ether oxygens (including phenoxy) is 1. The van der Waals surface area contributed by atoms with Crippen LogP contribution in [0.15, 0.2) is 60.7 Å². The van der Waals surface area contributed by atoms with Gasteiger partial charge in [-0.1, -0.05) is 47.7 Å². The van der Waals surface area contributed by atoms with Gasteiger partial charge in [-0.25, -0.2) is 0 Å². The lowest BCUT2D eigenvalue weighted by Gasteiger charge is -2.16. The van der Waals surface area contributed by atoms with E-state index in [-0.39, 0.29) is 18.2 Å². The average molecular weight is 423 g/mol. The first kappa shape index (κ1) is 20.0. The first-order chi connectivity index (χ1) is 14.7. The van der Waals surface area contributed by atoms with Crippen LogP contribution < -0.4 is 15.0 Å². The van der Waals surface area contributed by atoms with Gasteiger partial charge in [-0.2, -0.15) is 0 Å². The van der Waals surface area contributed by atoms with Crippen molar-refractivity contribution in [2.24, 2.45) is 5.92 Å². The van der Waals surface area contributed by atoms with Gasteiger partial charge in [0.05, 0.1) is 12.5 Å². The molecule has 1 unspecified atom stereocenters. The molecule has 4 rings (SSSR count). The minimum absolute atomic E-state index is 0.0438. The van der Waals surface area contributed by atoms with Gasteiger partial charge in [-0.05, 0) is 30.7 Å². The number of hydrogen-bond acceptors (Lipinski definition) is 6. The van der Waals surface area contributed by atoms with Crippen molar-refractivity contribution in [3.8, 4) is 5.75 Å². The van der Waals surface area contributed by atoms with Gasteiger partial charge in [-0.3, -0.25) is 9.59 Å². The number of hydrogen-bond donors (Lipinski definition) is 1. The maximum Gasteiger partial charge on any atom is 0.231 e. The Morgan fingerprint density at radius 3 is 2.60 bits per heavy atom. The fourth-order valence-electron chi connectivity index (χ4n) is 3.28. The van der Waals surface area contributed by atoms with Gasteiger partial charge in [0.25, 0.3) is 0 Å². The van der Waals surface area contributed by atoms with Gasteiger partial charge < -0.3 is 15.0 Å². The molecule has 3 aromatic rings. The second kappa shape index (κ2) is 9.49. The van der Waals surface area contributed by atoms with Crippen molar-refractivity contribution in [3.05, 3.63) is 65.7 Å². The summed E-state index contributed by atoms with van der Waals surface area (Å²) < 4.78 is 5.67. The minimum Gasteiger partial charge on any atom is -0.494 e. The lowest BCUT2D eigenvalue weighted by atomic mass is 10.1. The van der Waals surface area contributed by atoms with Gasteiger partial charge in [-0.15, -0.1) is 10.2 Å². The Hall–Kier alpha value is -3.26. The number of carbonyl (C=O) groups is 2. The fraction of sp³-hybridized carbons (Fsp3) is 0.273. The molecule has 0 saturated carbocycles. The van der Waals surface area contributed by atoms with E-state index in [2.05, 4.69) is 15.5 Å². The van der Waals surface area contributed by atoms with Gasteiger partial charge in [0.2, 0.25) is 16.9 Å². The summed E-state index contributed by atoms with van der Waals surface area (Å²) in [4.78, 5) is 26.6. The summed E-state index contributed by atoms with van der Waals surface area (Å²) in [6.45, 7) is 0.960. The van der Waals surface area contributed by atoms with Crippen LogP contribution in [0, 0.1) is 5.92 Å². The zero-order valence-corrected chi connectivity index (χ0v) is 17.2. The molecule has 1 aliphatic heterocycles. The number of para-hydroxylation sites is 2. The Morgan fingerprint density at radius 2 is 1.83 bits per heavy atom. The summed E-state index contributed by atoms with van der Waals surface area (Å²) in [5.74, 6) is 0.206. The van der Waals surface area contributed by atoms with Gasteiger partial charge in [0, 0.05) is 25.1 Å². The van der Waals surface area contributed by atoms with Crippen molar-refractivity contribution in [3.63, 3.8) is 0 Å². The summed E-state index contributed by atoms with van der Waals surface area (Å²) in [5, 5.41) is 12.3. The predicted molar refractivity (Wildman–Crippen MR) is 116 cm³/mol. The lowest BCUT2D eigenvalue weighted by molar-refractivity contribution is -0.122. The maximum atomic E-state index is 12.6. The molecule has 1 aliphatic rings. The molecule has 1 aromatic heterocycles. The first-order valence-electron chi connectivity index (χ1n) is 9.85. The molecule has 1 atom stereocenters. The van der Waals surface area contributed by atoms with E-state index in [4.69, 9.17) is 4.74 Å². The van der Waals surface area contributed by atoms with Crippen molar-refractivity contribution < 1.29 is 14.3 Å². The number of amides is 2. The molecule has 0 bridgehead atoms. The Balaban J connectivity index is 1.24. The Morgan fingerprint density at radius 1 is 1.10 bits per heavy atom. The van der Waals surface area contributed by atoms with Crippen LogP contribution in [0.25, 0.3) is 0 Å².